The average molecular weight is 299 g/mol. The van der Waals surface area contributed by atoms with Crippen LogP contribution in [0.4, 0.5) is 8.78 Å². The largest absolute Gasteiger partial charge is 0.476 e. The van der Waals surface area contributed by atoms with E-state index in [-0.39, 0.29) is 12.2 Å². The Kier molecular flexibility index (Phi) is 3.99. The number of aromatic carboxylic acids is 1. The van der Waals surface area contributed by atoms with Gasteiger partial charge in [-0.3, -0.25) is 4.79 Å². The predicted octanol–water partition coefficient (Wildman–Crippen LogP) is 1.44. The van der Waals surface area contributed by atoms with Gasteiger partial charge in [0, 0.05) is 11.6 Å². The van der Waals surface area contributed by atoms with Crippen molar-refractivity contribution in [2.45, 2.75) is 6.54 Å². The summed E-state index contributed by atoms with van der Waals surface area (Å²) in [6.45, 7) is -0.0832. The van der Waals surface area contributed by atoms with Gasteiger partial charge >= 0.3 is 5.97 Å². The van der Waals surface area contributed by atoms with Crippen LogP contribution in [0.2, 0.25) is 0 Å². The third kappa shape index (κ3) is 2.94. The second-order valence-electron chi connectivity index (χ2n) is 3.58. The molecular formula is C11H7F2N3O3S. The van der Waals surface area contributed by atoms with Crippen LogP contribution in [0.15, 0.2) is 17.6 Å². The molecular weight excluding hydrogens is 292 g/mol. The van der Waals surface area contributed by atoms with Crippen LogP contribution in [0.1, 0.15) is 25.9 Å². The molecule has 9 heteroatoms. The van der Waals surface area contributed by atoms with Crippen molar-refractivity contribution in [3.8, 4) is 0 Å². The number of pyridine rings is 1. The summed E-state index contributed by atoms with van der Waals surface area (Å²) < 4.78 is 26.2. The summed E-state index contributed by atoms with van der Waals surface area (Å²) >= 11 is 1.04. The number of nitrogens with zero attached hydrogens (tertiary/aromatic N) is 2. The van der Waals surface area contributed by atoms with E-state index < -0.39 is 29.2 Å². The molecule has 6 nitrogen and oxygen atoms in total. The van der Waals surface area contributed by atoms with Crippen molar-refractivity contribution < 1.29 is 23.5 Å². The molecule has 0 aromatic carbocycles. The van der Waals surface area contributed by atoms with Crippen LogP contribution in [0.3, 0.4) is 0 Å². The lowest BCUT2D eigenvalue weighted by Gasteiger charge is -2.04. The number of hydrogen-bond donors (Lipinski definition) is 2. The maximum absolute atomic E-state index is 13.3. The molecule has 0 atom stereocenters. The van der Waals surface area contributed by atoms with E-state index in [9.17, 15) is 18.4 Å². The van der Waals surface area contributed by atoms with Crippen LogP contribution in [0, 0.1) is 11.8 Å². The fourth-order valence-electron chi connectivity index (χ4n) is 1.33. The molecule has 0 aliphatic carbocycles. The molecule has 0 aliphatic heterocycles. The number of carboxylic acid groups (broad SMARTS) is 1. The van der Waals surface area contributed by atoms with Gasteiger partial charge in [0.25, 0.3) is 5.91 Å². The quantitative estimate of drug-likeness (QED) is 0.834. The van der Waals surface area contributed by atoms with Crippen molar-refractivity contribution in [1.29, 1.82) is 0 Å². The van der Waals surface area contributed by atoms with Crippen molar-refractivity contribution in [1.82, 2.24) is 15.3 Å². The highest BCUT2D eigenvalue weighted by Crippen LogP contribution is 2.11. The monoisotopic (exact) mass is 299 g/mol. The van der Waals surface area contributed by atoms with Gasteiger partial charge in [0.1, 0.15) is 5.01 Å². The van der Waals surface area contributed by atoms with E-state index in [4.69, 9.17) is 5.11 Å². The molecule has 2 rings (SSSR count). The Morgan fingerprint density at radius 1 is 1.40 bits per heavy atom. The second kappa shape index (κ2) is 5.70. The molecule has 0 fully saturated rings. The average Bonchev–Trinajstić information content (AvgIpc) is 2.88. The lowest BCUT2D eigenvalue weighted by Crippen LogP contribution is -2.24. The molecule has 0 saturated carbocycles. The van der Waals surface area contributed by atoms with E-state index >= 15 is 0 Å². The maximum atomic E-state index is 13.3. The van der Waals surface area contributed by atoms with Crippen LogP contribution in [-0.4, -0.2) is 27.0 Å². The molecule has 20 heavy (non-hydrogen) atoms. The number of hydrogen-bond acceptors (Lipinski definition) is 5. The number of thiazole rings is 1. The molecule has 0 unspecified atom stereocenters. The first-order valence-corrected chi connectivity index (χ1v) is 6.13. The van der Waals surface area contributed by atoms with E-state index in [1.165, 1.54) is 5.38 Å². The van der Waals surface area contributed by atoms with Gasteiger partial charge in [0.15, 0.2) is 11.5 Å². The van der Waals surface area contributed by atoms with Crippen LogP contribution in [0.25, 0.3) is 0 Å². The van der Waals surface area contributed by atoms with E-state index in [1.807, 2.05) is 0 Å². The van der Waals surface area contributed by atoms with Crippen molar-refractivity contribution in [2.75, 3.05) is 0 Å². The molecule has 104 valence electrons. The van der Waals surface area contributed by atoms with Crippen LogP contribution in [0.5, 0.6) is 0 Å². The topological polar surface area (TPSA) is 92.2 Å². The standard InChI is InChI=1S/C11H7F2N3O3S/c12-8-5(1-2-14-9(8)13)10(17)15-3-7-16-6(4-20-7)11(18)19/h1-2,4H,3H2,(H,15,17)(H,18,19). The number of nitrogens with one attached hydrogen (secondary N) is 1. The summed E-state index contributed by atoms with van der Waals surface area (Å²) in [6.07, 6.45) is 0.971. The Balaban J connectivity index is 2.05. The number of carbonyl (C=O) groups is 2. The van der Waals surface area contributed by atoms with Crippen LogP contribution in [-0.2, 0) is 6.54 Å². The molecule has 0 saturated heterocycles. The van der Waals surface area contributed by atoms with E-state index in [1.54, 1.807) is 0 Å². The van der Waals surface area contributed by atoms with Gasteiger partial charge < -0.3 is 10.4 Å². The van der Waals surface area contributed by atoms with Crippen molar-refractivity contribution >= 4 is 23.2 Å². The number of carboxylic acids is 1. The number of rotatable bonds is 4. The van der Waals surface area contributed by atoms with Crippen LogP contribution < -0.4 is 5.32 Å². The molecule has 2 aromatic heterocycles. The first-order valence-electron chi connectivity index (χ1n) is 5.25. The predicted molar refractivity (Wildman–Crippen MR) is 64.4 cm³/mol. The summed E-state index contributed by atoms with van der Waals surface area (Å²) in [6, 6.07) is 1.04. The highest BCUT2D eigenvalue weighted by atomic mass is 32.1. The first-order chi connectivity index (χ1) is 9.49. The van der Waals surface area contributed by atoms with Gasteiger partial charge in [0.2, 0.25) is 5.95 Å². The Labute approximate surface area is 115 Å². The molecule has 0 spiro atoms. The summed E-state index contributed by atoms with van der Waals surface area (Å²) in [5.74, 6) is -4.72. The number of halogens is 2. The molecule has 0 aliphatic rings. The lowest BCUT2D eigenvalue weighted by atomic mass is 10.2. The fourth-order valence-corrected chi connectivity index (χ4v) is 2.04. The third-order valence-electron chi connectivity index (χ3n) is 2.26. The highest BCUT2D eigenvalue weighted by molar-refractivity contribution is 7.09. The zero-order valence-corrected chi connectivity index (χ0v) is 10.6. The van der Waals surface area contributed by atoms with E-state index in [0.717, 1.165) is 23.6 Å². The van der Waals surface area contributed by atoms with Crippen LogP contribution >= 0.6 is 11.3 Å². The van der Waals surface area contributed by atoms with Gasteiger partial charge in [-0.05, 0) is 6.07 Å². The summed E-state index contributed by atoms with van der Waals surface area (Å²) in [7, 11) is 0. The van der Waals surface area contributed by atoms with E-state index in [2.05, 4.69) is 15.3 Å². The van der Waals surface area contributed by atoms with Crippen molar-refractivity contribution in [2.24, 2.45) is 0 Å². The number of amides is 1. The Hall–Kier alpha value is -2.42. The highest BCUT2D eigenvalue weighted by Gasteiger charge is 2.16. The first kappa shape index (κ1) is 14.0. The molecule has 2 N–H and O–H groups in total. The summed E-state index contributed by atoms with van der Waals surface area (Å²) in [5.41, 5.74) is -0.618. The number of aromatic nitrogens is 2. The maximum Gasteiger partial charge on any atom is 0.355 e. The SMILES string of the molecule is O=C(O)c1csc(CNC(=O)c2ccnc(F)c2F)n1. The second-order valence-corrected chi connectivity index (χ2v) is 4.52. The summed E-state index contributed by atoms with van der Waals surface area (Å²) in [5, 5.41) is 12.7. The van der Waals surface area contributed by atoms with Gasteiger partial charge in [-0.1, -0.05) is 0 Å². The van der Waals surface area contributed by atoms with Gasteiger partial charge in [-0.15, -0.1) is 11.3 Å². The molecule has 2 aromatic rings. The van der Waals surface area contributed by atoms with Crippen molar-refractivity contribution in [3.05, 3.63) is 45.7 Å². The van der Waals surface area contributed by atoms with Gasteiger partial charge in [-0.2, -0.15) is 4.39 Å². The zero-order valence-electron chi connectivity index (χ0n) is 9.76. The Morgan fingerprint density at radius 3 is 2.80 bits per heavy atom. The molecule has 0 bridgehead atoms. The Bertz CT molecular complexity index is 675. The Morgan fingerprint density at radius 2 is 2.15 bits per heavy atom. The minimum Gasteiger partial charge on any atom is -0.476 e. The van der Waals surface area contributed by atoms with Gasteiger partial charge in [-0.25, -0.2) is 19.2 Å². The fraction of sp³-hybridized carbons (Fsp3) is 0.0909. The molecule has 0 radical (unpaired) electrons. The molecule has 2 heterocycles. The van der Waals surface area contributed by atoms with Crippen molar-refractivity contribution in [3.63, 3.8) is 0 Å². The van der Waals surface area contributed by atoms with Gasteiger partial charge in [0.05, 0.1) is 12.1 Å². The third-order valence-corrected chi connectivity index (χ3v) is 3.11. The minimum absolute atomic E-state index is 0.0832. The summed E-state index contributed by atoms with van der Waals surface area (Å²) in [4.78, 5) is 29.1. The normalized spacial score (nSPS) is 10.3. The minimum atomic E-state index is -1.36. The lowest BCUT2D eigenvalue weighted by molar-refractivity contribution is 0.0691. The zero-order chi connectivity index (χ0) is 14.7. The molecule has 1 amide bonds. The van der Waals surface area contributed by atoms with E-state index in [0.29, 0.717) is 5.01 Å². The smallest absolute Gasteiger partial charge is 0.355 e. The number of carbonyl (C=O) groups excluding carboxylic acids is 1.